The summed E-state index contributed by atoms with van der Waals surface area (Å²) in [7, 11) is 0. The zero-order valence-corrected chi connectivity index (χ0v) is 11.3. The third-order valence-corrected chi connectivity index (χ3v) is 3.04. The summed E-state index contributed by atoms with van der Waals surface area (Å²) in [5, 5.41) is 6.69. The first-order chi connectivity index (χ1) is 9.63. The van der Waals surface area contributed by atoms with Crippen LogP contribution in [0.2, 0.25) is 0 Å². The van der Waals surface area contributed by atoms with E-state index in [-0.39, 0.29) is 11.6 Å². The minimum atomic E-state index is -0.464. The summed E-state index contributed by atoms with van der Waals surface area (Å²) in [6.07, 6.45) is 2.28. The Hall–Kier alpha value is -2.21. The van der Waals surface area contributed by atoms with Crippen LogP contribution in [0.5, 0.6) is 0 Å². The molecule has 2 rings (SSSR count). The second-order valence-electron chi connectivity index (χ2n) is 4.44. The summed E-state index contributed by atoms with van der Waals surface area (Å²) in [5.74, 6) is -0.833. The van der Waals surface area contributed by atoms with Crippen LogP contribution in [0.15, 0.2) is 30.5 Å². The maximum atomic E-state index is 13.5. The molecule has 6 heteroatoms. The Balaban J connectivity index is 2.14. The molecule has 0 unspecified atom stereocenters. The van der Waals surface area contributed by atoms with Crippen LogP contribution in [0.25, 0.3) is 0 Å². The number of rotatable bonds is 5. The molecule has 0 bridgehead atoms. The van der Waals surface area contributed by atoms with Crippen LogP contribution in [0.1, 0.15) is 22.5 Å². The van der Waals surface area contributed by atoms with Crippen molar-refractivity contribution in [3.8, 4) is 0 Å². The molecule has 1 aromatic carbocycles. The van der Waals surface area contributed by atoms with E-state index in [1.807, 2.05) is 0 Å². The minimum absolute atomic E-state index is 0.159. The van der Waals surface area contributed by atoms with Gasteiger partial charge in [0.15, 0.2) is 0 Å². The highest BCUT2D eigenvalue weighted by molar-refractivity contribution is 6.04. The second kappa shape index (κ2) is 6.29. The fraction of sp³-hybridized carbons (Fsp3) is 0.286. The Labute approximate surface area is 116 Å². The van der Waals surface area contributed by atoms with Crippen molar-refractivity contribution in [2.75, 3.05) is 11.9 Å². The molecular weight excluding hydrogens is 259 g/mol. The molecule has 0 radical (unpaired) electrons. The summed E-state index contributed by atoms with van der Waals surface area (Å²) >= 11 is 0. The number of carbonyl (C=O) groups is 1. The number of anilines is 1. The van der Waals surface area contributed by atoms with Crippen molar-refractivity contribution in [3.63, 3.8) is 0 Å². The predicted octanol–water partition coefficient (Wildman–Crippen LogP) is 1.93. The molecule has 1 heterocycles. The number of amides is 1. The fourth-order valence-electron chi connectivity index (χ4n) is 1.89. The lowest BCUT2D eigenvalue weighted by molar-refractivity contribution is 0.102. The highest BCUT2D eigenvalue weighted by Crippen LogP contribution is 2.15. The first-order valence-electron chi connectivity index (χ1n) is 6.42. The lowest BCUT2D eigenvalue weighted by atomic mass is 10.2. The number of aryl methyl sites for hydroxylation is 1. The highest BCUT2D eigenvalue weighted by atomic mass is 19.1. The number of nitrogens with one attached hydrogen (secondary N) is 1. The Morgan fingerprint density at radius 1 is 1.45 bits per heavy atom. The normalized spacial score (nSPS) is 10.6. The highest BCUT2D eigenvalue weighted by Gasteiger charge is 2.15. The number of aromatic nitrogens is 2. The van der Waals surface area contributed by atoms with E-state index in [1.165, 1.54) is 18.3 Å². The van der Waals surface area contributed by atoms with E-state index >= 15 is 0 Å². The number of nitrogens with zero attached hydrogens (tertiary/aromatic N) is 2. The molecule has 2 aromatic rings. The van der Waals surface area contributed by atoms with Crippen molar-refractivity contribution < 1.29 is 9.18 Å². The molecule has 20 heavy (non-hydrogen) atoms. The van der Waals surface area contributed by atoms with E-state index in [1.54, 1.807) is 23.7 Å². The maximum absolute atomic E-state index is 13.5. The van der Waals surface area contributed by atoms with Crippen molar-refractivity contribution >= 4 is 11.6 Å². The number of hydrogen-bond donors (Lipinski definition) is 2. The summed E-state index contributed by atoms with van der Waals surface area (Å²) in [5.41, 5.74) is 6.79. The molecule has 0 aliphatic carbocycles. The van der Waals surface area contributed by atoms with Gasteiger partial charge in [0.1, 0.15) is 5.82 Å². The number of para-hydroxylation sites is 1. The van der Waals surface area contributed by atoms with Gasteiger partial charge in [-0.2, -0.15) is 5.10 Å². The average molecular weight is 276 g/mol. The quantitative estimate of drug-likeness (QED) is 0.876. The average Bonchev–Trinajstić information content (AvgIpc) is 2.80. The van der Waals surface area contributed by atoms with Crippen molar-refractivity contribution in [3.05, 3.63) is 47.5 Å². The molecule has 0 spiro atoms. The molecule has 0 fully saturated rings. The van der Waals surface area contributed by atoms with Gasteiger partial charge in [0.25, 0.3) is 5.91 Å². The van der Waals surface area contributed by atoms with Crippen molar-refractivity contribution in [2.45, 2.75) is 19.9 Å². The van der Waals surface area contributed by atoms with Crippen LogP contribution >= 0.6 is 0 Å². The molecule has 0 saturated heterocycles. The van der Waals surface area contributed by atoms with Gasteiger partial charge < -0.3 is 11.1 Å². The van der Waals surface area contributed by atoms with Gasteiger partial charge in [-0.3, -0.25) is 9.48 Å². The third-order valence-electron chi connectivity index (χ3n) is 3.04. The Morgan fingerprint density at radius 3 is 2.90 bits per heavy atom. The molecule has 0 aliphatic rings. The largest absolute Gasteiger partial charge is 0.330 e. The first-order valence-corrected chi connectivity index (χ1v) is 6.42. The first kappa shape index (κ1) is 14.2. The van der Waals surface area contributed by atoms with Crippen LogP contribution in [0, 0.1) is 12.7 Å². The topological polar surface area (TPSA) is 72.9 Å². The maximum Gasteiger partial charge on any atom is 0.259 e. The molecule has 0 aliphatic heterocycles. The Bertz CT molecular complexity index is 609. The number of carbonyl (C=O) groups excluding carboxylic acids is 1. The lowest BCUT2D eigenvalue weighted by Gasteiger charge is -2.06. The smallest absolute Gasteiger partial charge is 0.259 e. The third kappa shape index (κ3) is 3.03. The van der Waals surface area contributed by atoms with Crippen LogP contribution in [0.3, 0.4) is 0 Å². The van der Waals surface area contributed by atoms with Crippen LogP contribution in [-0.2, 0) is 6.54 Å². The van der Waals surface area contributed by atoms with E-state index < -0.39 is 5.82 Å². The molecule has 3 N–H and O–H groups in total. The van der Waals surface area contributed by atoms with E-state index in [2.05, 4.69) is 10.4 Å². The molecular formula is C14H17FN4O. The zero-order valence-electron chi connectivity index (χ0n) is 11.3. The number of hydrogen-bond acceptors (Lipinski definition) is 3. The van der Waals surface area contributed by atoms with E-state index in [0.717, 1.165) is 12.1 Å². The Morgan fingerprint density at radius 2 is 2.20 bits per heavy atom. The van der Waals surface area contributed by atoms with E-state index in [9.17, 15) is 9.18 Å². The minimum Gasteiger partial charge on any atom is -0.330 e. The van der Waals surface area contributed by atoms with Gasteiger partial charge in [-0.05, 0) is 32.0 Å². The van der Waals surface area contributed by atoms with Crippen LogP contribution in [-0.4, -0.2) is 22.2 Å². The zero-order chi connectivity index (χ0) is 14.5. The molecule has 1 amide bonds. The van der Waals surface area contributed by atoms with Crippen LogP contribution < -0.4 is 11.1 Å². The molecule has 5 nitrogen and oxygen atoms in total. The van der Waals surface area contributed by atoms with E-state index in [4.69, 9.17) is 5.73 Å². The molecule has 0 saturated carbocycles. The number of nitrogens with two attached hydrogens (primary N) is 1. The predicted molar refractivity (Wildman–Crippen MR) is 75.0 cm³/mol. The van der Waals surface area contributed by atoms with Crippen molar-refractivity contribution in [1.29, 1.82) is 0 Å². The van der Waals surface area contributed by atoms with Gasteiger partial charge in [-0.25, -0.2) is 4.39 Å². The van der Waals surface area contributed by atoms with Gasteiger partial charge in [0, 0.05) is 12.2 Å². The standard InChI is InChI=1S/C14H17FN4O/c1-10-11(9-17-19(10)8-4-7-16)14(20)18-13-6-3-2-5-12(13)15/h2-3,5-6,9H,4,7-8,16H2,1H3,(H,18,20). The molecule has 0 atom stereocenters. The van der Waals surface area contributed by atoms with Gasteiger partial charge in [-0.1, -0.05) is 12.1 Å². The Kier molecular flexibility index (Phi) is 4.47. The number of halogens is 1. The number of benzene rings is 1. The van der Waals surface area contributed by atoms with Gasteiger partial charge in [-0.15, -0.1) is 0 Å². The molecule has 1 aromatic heterocycles. The monoisotopic (exact) mass is 276 g/mol. The van der Waals surface area contributed by atoms with Crippen molar-refractivity contribution in [2.24, 2.45) is 5.73 Å². The van der Waals surface area contributed by atoms with Gasteiger partial charge in [0.05, 0.1) is 17.4 Å². The summed E-state index contributed by atoms with van der Waals surface area (Å²) < 4.78 is 15.2. The molecule has 106 valence electrons. The summed E-state index contributed by atoms with van der Waals surface area (Å²) in [6, 6.07) is 6.05. The second-order valence-corrected chi connectivity index (χ2v) is 4.44. The fourth-order valence-corrected chi connectivity index (χ4v) is 1.89. The summed E-state index contributed by atoms with van der Waals surface area (Å²) in [4.78, 5) is 12.1. The van der Waals surface area contributed by atoms with E-state index in [0.29, 0.717) is 18.7 Å². The van der Waals surface area contributed by atoms with Crippen LogP contribution in [0.4, 0.5) is 10.1 Å². The SMILES string of the molecule is Cc1c(C(=O)Nc2ccccc2F)cnn1CCCN. The van der Waals surface area contributed by atoms with Crippen molar-refractivity contribution in [1.82, 2.24) is 9.78 Å². The summed E-state index contributed by atoms with van der Waals surface area (Å²) in [6.45, 7) is 3.03. The van der Waals surface area contributed by atoms with Gasteiger partial charge >= 0.3 is 0 Å². The van der Waals surface area contributed by atoms with Gasteiger partial charge in [0.2, 0.25) is 0 Å². The lowest BCUT2D eigenvalue weighted by Crippen LogP contribution is -2.14.